The van der Waals surface area contributed by atoms with Crippen LogP contribution in [0.2, 0.25) is 0 Å². The lowest BCUT2D eigenvalue weighted by molar-refractivity contribution is 0.0845. The van der Waals surface area contributed by atoms with Gasteiger partial charge in [0.05, 0.1) is 0 Å². The molecule has 4 heteroatoms. The second kappa shape index (κ2) is 5.19. The van der Waals surface area contributed by atoms with E-state index in [1.54, 1.807) is 0 Å². The van der Waals surface area contributed by atoms with Crippen molar-refractivity contribution >= 4 is 0 Å². The molecule has 1 atom stereocenters. The van der Waals surface area contributed by atoms with E-state index < -0.39 is 0 Å². The van der Waals surface area contributed by atoms with Crippen molar-refractivity contribution in [3.8, 4) is 0 Å². The molecule has 3 rings (SSSR count). The van der Waals surface area contributed by atoms with Crippen LogP contribution in [0.25, 0.3) is 0 Å². The van der Waals surface area contributed by atoms with Crippen molar-refractivity contribution in [3.05, 3.63) is 17.7 Å². The molecule has 1 unspecified atom stereocenters. The first-order valence-electron chi connectivity index (χ1n) is 6.74. The summed E-state index contributed by atoms with van der Waals surface area (Å²) >= 11 is 0. The number of aromatic nitrogens is 2. The summed E-state index contributed by atoms with van der Waals surface area (Å²) < 4.78 is 5.39. The van der Waals surface area contributed by atoms with Crippen LogP contribution in [-0.2, 0) is 11.2 Å². The van der Waals surface area contributed by atoms with E-state index in [4.69, 9.17) is 4.74 Å². The van der Waals surface area contributed by atoms with Crippen LogP contribution in [-0.4, -0.2) is 36.3 Å². The van der Waals surface area contributed by atoms with E-state index in [2.05, 4.69) is 15.3 Å². The van der Waals surface area contributed by atoms with E-state index in [9.17, 15) is 0 Å². The topological polar surface area (TPSA) is 49.9 Å². The summed E-state index contributed by atoms with van der Waals surface area (Å²) in [6, 6.07) is 0. The van der Waals surface area contributed by atoms with Crippen molar-refractivity contribution in [1.29, 1.82) is 0 Å². The zero-order valence-electron chi connectivity index (χ0n) is 10.2. The maximum atomic E-state index is 5.39. The molecule has 94 valence electrons. The number of hydrogen-bond donors (Lipinski definition) is 2. The van der Waals surface area contributed by atoms with Crippen LogP contribution >= 0.6 is 0 Å². The van der Waals surface area contributed by atoms with Gasteiger partial charge in [-0.05, 0) is 38.3 Å². The van der Waals surface area contributed by atoms with Gasteiger partial charge in [-0.1, -0.05) is 0 Å². The van der Waals surface area contributed by atoms with Gasteiger partial charge in [0.25, 0.3) is 0 Å². The molecular weight excluding hydrogens is 214 g/mol. The number of nitrogens with zero attached hydrogens (tertiary/aromatic N) is 1. The van der Waals surface area contributed by atoms with Crippen LogP contribution in [0, 0.1) is 5.92 Å². The Hall–Kier alpha value is -0.870. The number of imidazole rings is 1. The monoisotopic (exact) mass is 235 g/mol. The predicted molar refractivity (Wildman–Crippen MR) is 66.1 cm³/mol. The fraction of sp³-hybridized carbons (Fsp3) is 0.769. The average Bonchev–Trinajstić information content (AvgIpc) is 3.02. The van der Waals surface area contributed by atoms with Crippen molar-refractivity contribution in [2.24, 2.45) is 5.92 Å². The van der Waals surface area contributed by atoms with E-state index in [1.807, 2.05) is 6.20 Å². The molecule has 2 fully saturated rings. The highest BCUT2D eigenvalue weighted by molar-refractivity contribution is 5.09. The molecule has 2 aliphatic heterocycles. The number of aromatic amines is 1. The smallest absolute Gasteiger partial charge is 0.106 e. The normalized spacial score (nSPS) is 26.5. The molecule has 0 aliphatic carbocycles. The predicted octanol–water partition coefficient (Wildman–Crippen LogP) is 1.46. The number of rotatable bonds is 3. The SMILES string of the molecule is c1nc(CC2CCNC2)[nH]c1C1CCOCC1. The molecule has 0 amide bonds. The van der Waals surface area contributed by atoms with Gasteiger partial charge in [0.15, 0.2) is 0 Å². The van der Waals surface area contributed by atoms with E-state index in [1.165, 1.54) is 17.9 Å². The third-order valence-electron chi connectivity index (χ3n) is 3.95. The molecule has 0 bridgehead atoms. The third-order valence-corrected chi connectivity index (χ3v) is 3.95. The van der Waals surface area contributed by atoms with Crippen LogP contribution in [0.4, 0.5) is 0 Å². The molecule has 1 aromatic heterocycles. The van der Waals surface area contributed by atoms with Crippen LogP contribution < -0.4 is 5.32 Å². The van der Waals surface area contributed by atoms with Crippen molar-refractivity contribution in [1.82, 2.24) is 15.3 Å². The van der Waals surface area contributed by atoms with Crippen LogP contribution in [0.5, 0.6) is 0 Å². The Morgan fingerprint density at radius 1 is 1.29 bits per heavy atom. The van der Waals surface area contributed by atoms with E-state index in [0.29, 0.717) is 5.92 Å². The lowest BCUT2D eigenvalue weighted by Crippen LogP contribution is -2.14. The lowest BCUT2D eigenvalue weighted by Gasteiger charge is -2.20. The van der Waals surface area contributed by atoms with Gasteiger partial charge in [-0.15, -0.1) is 0 Å². The number of ether oxygens (including phenoxy) is 1. The highest BCUT2D eigenvalue weighted by atomic mass is 16.5. The summed E-state index contributed by atoms with van der Waals surface area (Å²) in [7, 11) is 0. The molecule has 0 aromatic carbocycles. The van der Waals surface area contributed by atoms with Gasteiger partial charge in [0, 0.05) is 37.4 Å². The molecule has 1 aromatic rings. The highest BCUT2D eigenvalue weighted by Gasteiger charge is 2.20. The Kier molecular flexibility index (Phi) is 3.43. The molecule has 0 spiro atoms. The molecular formula is C13H21N3O. The van der Waals surface area contributed by atoms with Gasteiger partial charge in [-0.2, -0.15) is 0 Å². The summed E-state index contributed by atoms with van der Waals surface area (Å²) in [5.74, 6) is 2.57. The number of nitrogens with one attached hydrogen (secondary N) is 2. The molecule has 0 radical (unpaired) electrons. The molecule has 0 saturated carbocycles. The van der Waals surface area contributed by atoms with E-state index in [0.717, 1.165) is 51.5 Å². The molecule has 4 nitrogen and oxygen atoms in total. The molecule has 3 heterocycles. The first-order chi connectivity index (χ1) is 8.42. The molecule has 17 heavy (non-hydrogen) atoms. The minimum Gasteiger partial charge on any atom is -0.381 e. The van der Waals surface area contributed by atoms with Crippen molar-refractivity contribution in [3.63, 3.8) is 0 Å². The van der Waals surface area contributed by atoms with Gasteiger partial charge in [-0.25, -0.2) is 4.98 Å². The van der Waals surface area contributed by atoms with Crippen LogP contribution in [0.1, 0.15) is 36.7 Å². The van der Waals surface area contributed by atoms with Gasteiger partial charge >= 0.3 is 0 Å². The van der Waals surface area contributed by atoms with Crippen molar-refractivity contribution < 1.29 is 4.74 Å². The summed E-state index contributed by atoms with van der Waals surface area (Å²) in [5, 5.41) is 3.40. The summed E-state index contributed by atoms with van der Waals surface area (Å²) in [4.78, 5) is 8.05. The van der Waals surface area contributed by atoms with Crippen molar-refractivity contribution in [2.75, 3.05) is 26.3 Å². The first kappa shape index (κ1) is 11.2. The van der Waals surface area contributed by atoms with Gasteiger partial charge in [0.2, 0.25) is 0 Å². The van der Waals surface area contributed by atoms with Gasteiger partial charge < -0.3 is 15.0 Å². The molecule has 2 N–H and O–H groups in total. The zero-order valence-corrected chi connectivity index (χ0v) is 10.2. The molecule has 2 saturated heterocycles. The zero-order chi connectivity index (χ0) is 11.5. The second-order valence-electron chi connectivity index (χ2n) is 5.23. The summed E-state index contributed by atoms with van der Waals surface area (Å²) in [6.07, 6.45) is 6.68. The number of hydrogen-bond acceptors (Lipinski definition) is 3. The fourth-order valence-corrected chi connectivity index (χ4v) is 2.86. The Morgan fingerprint density at radius 2 is 2.18 bits per heavy atom. The highest BCUT2D eigenvalue weighted by Crippen LogP contribution is 2.25. The fourth-order valence-electron chi connectivity index (χ4n) is 2.86. The van der Waals surface area contributed by atoms with Crippen LogP contribution in [0.3, 0.4) is 0 Å². The molecule has 2 aliphatic rings. The lowest BCUT2D eigenvalue weighted by atomic mass is 9.97. The summed E-state index contributed by atoms with van der Waals surface area (Å²) in [6.45, 7) is 4.10. The third kappa shape index (κ3) is 2.69. The average molecular weight is 235 g/mol. The minimum atomic E-state index is 0.631. The maximum Gasteiger partial charge on any atom is 0.106 e. The Morgan fingerprint density at radius 3 is 2.94 bits per heavy atom. The van der Waals surface area contributed by atoms with E-state index >= 15 is 0 Å². The minimum absolute atomic E-state index is 0.631. The number of H-pyrrole nitrogens is 1. The van der Waals surface area contributed by atoms with Gasteiger partial charge in [0.1, 0.15) is 5.82 Å². The largest absolute Gasteiger partial charge is 0.381 e. The Bertz CT molecular complexity index is 351. The quantitative estimate of drug-likeness (QED) is 0.834. The standard InChI is InChI=1S/C13H21N3O/c1-4-14-8-10(1)7-13-15-9-12(16-13)11-2-5-17-6-3-11/h9-11,14H,1-8H2,(H,15,16). The Balaban J connectivity index is 1.60. The summed E-state index contributed by atoms with van der Waals surface area (Å²) in [5.41, 5.74) is 1.31. The maximum absolute atomic E-state index is 5.39. The van der Waals surface area contributed by atoms with E-state index in [-0.39, 0.29) is 0 Å². The van der Waals surface area contributed by atoms with Crippen molar-refractivity contribution in [2.45, 2.75) is 31.6 Å². The second-order valence-corrected chi connectivity index (χ2v) is 5.23. The first-order valence-corrected chi connectivity index (χ1v) is 6.74. The van der Waals surface area contributed by atoms with Crippen LogP contribution in [0.15, 0.2) is 6.20 Å². The van der Waals surface area contributed by atoms with Gasteiger partial charge in [-0.3, -0.25) is 0 Å². The Labute approximate surface area is 102 Å².